The molecular weight excluding hydrogens is 336 g/mol. The van der Waals surface area contributed by atoms with Crippen molar-refractivity contribution in [2.75, 3.05) is 6.54 Å². The topological polar surface area (TPSA) is 84.9 Å². The van der Waals surface area contributed by atoms with Crippen LogP contribution in [0, 0.1) is 0 Å². The Labute approximate surface area is 154 Å². The van der Waals surface area contributed by atoms with E-state index in [1.54, 1.807) is 65.8 Å². The number of carbonyl (C=O) groups excluding carboxylic acids is 3. The largest absolute Gasteiger partial charge is 0.443 e. The van der Waals surface area contributed by atoms with Crippen LogP contribution in [0.15, 0.2) is 30.3 Å². The number of nitrogens with one attached hydrogen (secondary N) is 1. The van der Waals surface area contributed by atoms with Gasteiger partial charge in [0.2, 0.25) is 0 Å². The average Bonchev–Trinajstić information content (AvgIpc) is 2.48. The zero-order chi connectivity index (χ0) is 20.0. The van der Waals surface area contributed by atoms with E-state index in [9.17, 15) is 14.4 Å². The molecule has 0 saturated carbocycles. The van der Waals surface area contributed by atoms with E-state index in [2.05, 4.69) is 5.43 Å². The van der Waals surface area contributed by atoms with E-state index in [4.69, 9.17) is 9.47 Å². The van der Waals surface area contributed by atoms with E-state index in [-0.39, 0.29) is 18.7 Å². The molecule has 0 fully saturated rings. The third-order valence-corrected chi connectivity index (χ3v) is 2.90. The van der Waals surface area contributed by atoms with Crippen molar-refractivity contribution in [1.82, 2.24) is 10.4 Å². The molecule has 1 N–H and O–H groups in total. The van der Waals surface area contributed by atoms with Gasteiger partial charge in [-0.25, -0.2) is 20.0 Å². The van der Waals surface area contributed by atoms with Gasteiger partial charge in [-0.05, 0) is 41.5 Å². The number of nitrogens with zero attached hydrogens (tertiary/aromatic N) is 1. The molecule has 1 rings (SSSR count). The quantitative estimate of drug-likeness (QED) is 0.646. The molecule has 0 bridgehead atoms. The van der Waals surface area contributed by atoms with E-state index < -0.39 is 23.4 Å². The lowest BCUT2D eigenvalue weighted by Crippen LogP contribution is -2.50. The van der Waals surface area contributed by atoms with Gasteiger partial charge in [-0.2, -0.15) is 0 Å². The van der Waals surface area contributed by atoms with Gasteiger partial charge in [0.1, 0.15) is 11.2 Å². The molecule has 1 aromatic carbocycles. The highest BCUT2D eigenvalue weighted by Gasteiger charge is 2.26. The zero-order valence-corrected chi connectivity index (χ0v) is 16.3. The second-order valence-electron chi connectivity index (χ2n) is 7.78. The molecule has 26 heavy (non-hydrogen) atoms. The fourth-order valence-corrected chi connectivity index (χ4v) is 1.90. The second-order valence-corrected chi connectivity index (χ2v) is 7.78. The van der Waals surface area contributed by atoms with Crippen molar-refractivity contribution in [3.05, 3.63) is 35.9 Å². The first-order chi connectivity index (χ1) is 11.9. The Morgan fingerprint density at radius 2 is 1.46 bits per heavy atom. The molecule has 0 saturated heterocycles. The van der Waals surface area contributed by atoms with Crippen molar-refractivity contribution in [1.29, 1.82) is 0 Å². The number of amides is 2. The normalized spacial score (nSPS) is 11.5. The minimum atomic E-state index is -0.796. The fourth-order valence-electron chi connectivity index (χ4n) is 1.90. The van der Waals surface area contributed by atoms with Gasteiger partial charge in [0.15, 0.2) is 5.78 Å². The van der Waals surface area contributed by atoms with Gasteiger partial charge in [-0.15, -0.1) is 0 Å². The zero-order valence-electron chi connectivity index (χ0n) is 16.3. The maximum absolute atomic E-state index is 12.3. The number of hydrogen-bond donors (Lipinski definition) is 1. The van der Waals surface area contributed by atoms with Crippen molar-refractivity contribution < 1.29 is 23.9 Å². The number of benzene rings is 1. The summed E-state index contributed by atoms with van der Waals surface area (Å²) in [5.41, 5.74) is 1.42. The molecule has 0 spiro atoms. The summed E-state index contributed by atoms with van der Waals surface area (Å²) < 4.78 is 10.4. The van der Waals surface area contributed by atoms with Crippen LogP contribution >= 0.6 is 0 Å². The van der Waals surface area contributed by atoms with Crippen LogP contribution in [0.3, 0.4) is 0 Å². The second kappa shape index (κ2) is 8.69. The van der Waals surface area contributed by atoms with Gasteiger partial charge in [-0.3, -0.25) is 4.79 Å². The van der Waals surface area contributed by atoms with Crippen LogP contribution in [0.25, 0.3) is 0 Å². The third kappa shape index (κ3) is 8.50. The first-order valence-electron chi connectivity index (χ1n) is 8.46. The summed E-state index contributed by atoms with van der Waals surface area (Å²) in [5.74, 6) is -0.148. The number of rotatable bonds is 4. The van der Waals surface area contributed by atoms with E-state index in [1.165, 1.54) is 0 Å². The Morgan fingerprint density at radius 1 is 0.923 bits per heavy atom. The van der Waals surface area contributed by atoms with Gasteiger partial charge in [0.25, 0.3) is 0 Å². The number of ketones is 1. The molecule has 7 heteroatoms. The Balaban J connectivity index is 2.78. The van der Waals surface area contributed by atoms with Gasteiger partial charge in [0.05, 0.1) is 6.54 Å². The van der Waals surface area contributed by atoms with Gasteiger partial charge < -0.3 is 9.47 Å². The smallest absolute Gasteiger partial charge is 0.429 e. The first kappa shape index (κ1) is 21.5. The summed E-state index contributed by atoms with van der Waals surface area (Å²) in [7, 11) is 0. The molecular formula is C19H28N2O5. The first-order valence-corrected chi connectivity index (χ1v) is 8.46. The molecule has 0 unspecified atom stereocenters. The minimum Gasteiger partial charge on any atom is -0.443 e. The highest BCUT2D eigenvalue weighted by atomic mass is 16.6. The van der Waals surface area contributed by atoms with Crippen molar-refractivity contribution >= 4 is 18.0 Å². The third-order valence-electron chi connectivity index (χ3n) is 2.90. The molecule has 0 aliphatic heterocycles. The van der Waals surface area contributed by atoms with Crippen LogP contribution in [0.5, 0.6) is 0 Å². The standard InChI is InChI=1S/C19H28N2O5/c1-18(2,3)25-16(23)20-21(17(24)26-19(4,5)6)13-12-15(22)14-10-8-7-9-11-14/h7-11H,12-13H2,1-6H3,(H,20,23). The van der Waals surface area contributed by atoms with Crippen LogP contribution in [-0.2, 0) is 9.47 Å². The van der Waals surface area contributed by atoms with Crippen LogP contribution in [0.1, 0.15) is 58.3 Å². The average molecular weight is 364 g/mol. The summed E-state index contributed by atoms with van der Waals surface area (Å²) in [6.45, 7) is 10.2. The van der Waals surface area contributed by atoms with E-state index in [0.29, 0.717) is 5.56 Å². The van der Waals surface area contributed by atoms with Crippen LogP contribution in [0.2, 0.25) is 0 Å². The van der Waals surface area contributed by atoms with Crippen LogP contribution in [0.4, 0.5) is 9.59 Å². The van der Waals surface area contributed by atoms with Crippen LogP contribution in [-0.4, -0.2) is 40.7 Å². The van der Waals surface area contributed by atoms with E-state index >= 15 is 0 Å². The Hall–Kier alpha value is -2.57. The van der Waals surface area contributed by atoms with Gasteiger partial charge in [0, 0.05) is 12.0 Å². The molecule has 2 amide bonds. The predicted molar refractivity (Wildman–Crippen MR) is 97.7 cm³/mol. The number of hydrogen-bond acceptors (Lipinski definition) is 5. The Morgan fingerprint density at radius 3 is 1.96 bits per heavy atom. The monoisotopic (exact) mass is 364 g/mol. The SMILES string of the molecule is CC(C)(C)OC(=O)NN(CCC(=O)c1ccccc1)C(=O)OC(C)(C)C. The Bertz CT molecular complexity index is 630. The van der Waals surface area contributed by atoms with Crippen LogP contribution < -0.4 is 5.43 Å². The molecule has 1 aromatic rings. The molecule has 0 aromatic heterocycles. The van der Waals surface area contributed by atoms with Crippen molar-refractivity contribution in [2.45, 2.75) is 59.2 Å². The van der Waals surface area contributed by atoms with Crippen molar-refractivity contribution in [3.8, 4) is 0 Å². The molecule has 0 aliphatic rings. The summed E-state index contributed by atoms with van der Waals surface area (Å²) in [6.07, 6.45) is -1.53. The van der Waals surface area contributed by atoms with Crippen molar-refractivity contribution in [2.24, 2.45) is 0 Å². The number of hydrazine groups is 1. The number of Topliss-reactive ketones (excluding diaryl/α,β-unsaturated/α-hetero) is 1. The molecule has 144 valence electrons. The highest BCUT2D eigenvalue weighted by Crippen LogP contribution is 2.12. The summed E-state index contributed by atoms with van der Waals surface area (Å²) in [6, 6.07) is 8.73. The van der Waals surface area contributed by atoms with Crippen molar-refractivity contribution in [3.63, 3.8) is 0 Å². The Kier molecular flexibility index (Phi) is 7.18. The maximum Gasteiger partial charge on any atom is 0.429 e. The lowest BCUT2D eigenvalue weighted by Gasteiger charge is -2.28. The summed E-state index contributed by atoms with van der Waals surface area (Å²) in [5, 5.41) is 0.958. The highest BCUT2D eigenvalue weighted by molar-refractivity contribution is 5.96. The van der Waals surface area contributed by atoms with Gasteiger partial charge in [-0.1, -0.05) is 30.3 Å². The summed E-state index contributed by atoms with van der Waals surface area (Å²) >= 11 is 0. The fraction of sp³-hybridized carbons (Fsp3) is 0.526. The molecule has 0 atom stereocenters. The maximum atomic E-state index is 12.3. The van der Waals surface area contributed by atoms with E-state index in [1.807, 2.05) is 6.07 Å². The molecule has 0 radical (unpaired) electrons. The number of ether oxygens (including phenoxy) is 2. The molecule has 0 aliphatic carbocycles. The predicted octanol–water partition coefficient (Wildman–Crippen LogP) is 3.94. The van der Waals surface area contributed by atoms with Gasteiger partial charge >= 0.3 is 12.2 Å². The molecule has 0 heterocycles. The number of carbonyl (C=O) groups is 3. The molecule has 7 nitrogen and oxygen atoms in total. The lowest BCUT2D eigenvalue weighted by atomic mass is 10.1. The minimum absolute atomic E-state index is 0.0268. The summed E-state index contributed by atoms with van der Waals surface area (Å²) in [4.78, 5) is 36.6. The van der Waals surface area contributed by atoms with E-state index in [0.717, 1.165) is 5.01 Å². The lowest BCUT2D eigenvalue weighted by molar-refractivity contribution is 0.00139.